The zero-order valence-corrected chi connectivity index (χ0v) is 11.7. The van der Waals surface area contributed by atoms with Gasteiger partial charge in [-0.05, 0) is 43.4 Å². The van der Waals surface area contributed by atoms with Gasteiger partial charge in [-0.2, -0.15) is 0 Å². The summed E-state index contributed by atoms with van der Waals surface area (Å²) in [5.41, 5.74) is 3.21. The molecule has 0 amide bonds. The van der Waals surface area contributed by atoms with Gasteiger partial charge in [-0.15, -0.1) is 0 Å². The van der Waals surface area contributed by atoms with Crippen LogP contribution in [-0.2, 0) is 13.0 Å². The van der Waals surface area contributed by atoms with Crippen molar-refractivity contribution in [3.05, 3.63) is 45.3 Å². The number of hydrogen-bond donors (Lipinski definition) is 3. The van der Waals surface area contributed by atoms with Crippen molar-refractivity contribution in [2.24, 2.45) is 0 Å². The molecule has 0 aliphatic carbocycles. The summed E-state index contributed by atoms with van der Waals surface area (Å²) in [4.78, 5) is 7.53. The first-order valence-electron chi connectivity index (χ1n) is 6.08. The largest absolute Gasteiger partial charge is 0.340 e. The Balaban J connectivity index is 2.00. The third-order valence-corrected chi connectivity index (χ3v) is 3.49. The lowest BCUT2D eigenvalue weighted by atomic mass is 10.1. The van der Waals surface area contributed by atoms with Crippen molar-refractivity contribution in [2.45, 2.75) is 13.0 Å². The van der Waals surface area contributed by atoms with Crippen LogP contribution in [0.4, 0.5) is 11.5 Å². The normalized spacial score (nSPS) is 13.9. The van der Waals surface area contributed by atoms with Crippen LogP contribution in [0.1, 0.15) is 11.3 Å². The van der Waals surface area contributed by atoms with Crippen LogP contribution < -0.4 is 10.6 Å². The topological polar surface area (TPSA) is 52.7 Å². The molecule has 3 N–H and O–H groups in total. The number of nitrogens with zero attached hydrogens (tertiary/aromatic N) is 1. The smallest absolute Gasteiger partial charge is 0.199 e. The average Bonchev–Trinajstić information content (AvgIpc) is 2.38. The van der Waals surface area contributed by atoms with E-state index in [0.29, 0.717) is 9.79 Å². The third-order valence-electron chi connectivity index (χ3n) is 3.06. The summed E-state index contributed by atoms with van der Waals surface area (Å²) in [6.07, 6.45) is 0.928. The summed E-state index contributed by atoms with van der Waals surface area (Å²) in [7, 11) is 0. The summed E-state index contributed by atoms with van der Waals surface area (Å²) in [5, 5.41) is 7.31. The van der Waals surface area contributed by atoms with Crippen LogP contribution in [-0.4, -0.2) is 16.5 Å². The molecule has 0 saturated carbocycles. The molecule has 0 saturated heterocycles. The fourth-order valence-electron chi connectivity index (χ4n) is 2.20. The van der Waals surface area contributed by atoms with E-state index in [2.05, 4.69) is 20.6 Å². The maximum absolute atomic E-state index is 5.99. The molecule has 0 bridgehead atoms. The maximum atomic E-state index is 5.99. The number of halogens is 1. The number of aromatic amines is 1. The molecule has 6 heteroatoms. The zero-order valence-electron chi connectivity index (χ0n) is 10.2. The standard InChI is InChI=1S/C13H13ClN4S/c14-8-2-1-3-9(6-8)16-12-10-4-5-15-7-11(10)17-13(19)18-12/h1-3,6,15H,4-5,7H2,(H2,16,17,18,19). The molecule has 0 atom stereocenters. The van der Waals surface area contributed by atoms with Gasteiger partial charge in [-0.1, -0.05) is 17.7 Å². The van der Waals surface area contributed by atoms with E-state index in [4.69, 9.17) is 23.8 Å². The molecule has 1 aromatic heterocycles. The van der Waals surface area contributed by atoms with E-state index in [1.165, 1.54) is 5.56 Å². The number of hydrogen-bond acceptors (Lipinski definition) is 4. The Morgan fingerprint density at radius 1 is 1.37 bits per heavy atom. The van der Waals surface area contributed by atoms with Gasteiger partial charge in [-0.3, -0.25) is 0 Å². The van der Waals surface area contributed by atoms with Crippen LogP contribution in [0, 0.1) is 4.77 Å². The number of fused-ring (bicyclic) bond motifs is 1. The van der Waals surface area contributed by atoms with Crippen molar-refractivity contribution in [3.8, 4) is 0 Å². The first-order chi connectivity index (χ1) is 9.22. The predicted octanol–water partition coefficient (Wildman–Crippen LogP) is 3.18. The van der Waals surface area contributed by atoms with E-state index in [9.17, 15) is 0 Å². The maximum Gasteiger partial charge on any atom is 0.199 e. The third kappa shape index (κ3) is 2.78. The Hall–Kier alpha value is -1.43. The van der Waals surface area contributed by atoms with Crippen molar-refractivity contribution < 1.29 is 0 Å². The zero-order chi connectivity index (χ0) is 13.2. The van der Waals surface area contributed by atoms with Gasteiger partial charge in [0.1, 0.15) is 5.82 Å². The van der Waals surface area contributed by atoms with Gasteiger partial charge in [0, 0.05) is 28.5 Å². The van der Waals surface area contributed by atoms with Crippen LogP contribution in [0.2, 0.25) is 5.02 Å². The van der Waals surface area contributed by atoms with Crippen LogP contribution in [0.3, 0.4) is 0 Å². The molecule has 4 nitrogen and oxygen atoms in total. The molecule has 0 fully saturated rings. The number of H-pyrrole nitrogens is 1. The molecule has 1 aliphatic rings. The van der Waals surface area contributed by atoms with Gasteiger partial charge in [0.25, 0.3) is 0 Å². The fraction of sp³-hybridized carbons (Fsp3) is 0.231. The number of aromatic nitrogens is 2. The molecule has 0 unspecified atom stereocenters. The minimum absolute atomic E-state index is 0.493. The Bertz CT molecular complexity index is 668. The lowest BCUT2D eigenvalue weighted by Crippen LogP contribution is -2.26. The SMILES string of the molecule is S=c1nc(Nc2cccc(Cl)c2)c2c([nH]1)CNCC2. The highest BCUT2D eigenvalue weighted by atomic mass is 35.5. The number of rotatable bonds is 2. The van der Waals surface area contributed by atoms with Crippen molar-refractivity contribution in [1.82, 2.24) is 15.3 Å². The molecule has 0 radical (unpaired) electrons. The second-order valence-corrected chi connectivity index (χ2v) is 5.23. The van der Waals surface area contributed by atoms with E-state index in [0.717, 1.165) is 36.7 Å². The second kappa shape index (κ2) is 5.28. The highest BCUT2D eigenvalue weighted by Gasteiger charge is 2.15. The average molecular weight is 293 g/mol. The van der Waals surface area contributed by atoms with Gasteiger partial charge in [0.2, 0.25) is 0 Å². The Morgan fingerprint density at radius 3 is 3.11 bits per heavy atom. The molecule has 98 valence electrons. The summed E-state index contributed by atoms with van der Waals surface area (Å²) in [6.45, 7) is 1.75. The van der Waals surface area contributed by atoms with Gasteiger partial charge in [-0.25, -0.2) is 4.98 Å². The second-order valence-electron chi connectivity index (χ2n) is 4.41. The van der Waals surface area contributed by atoms with Gasteiger partial charge < -0.3 is 15.6 Å². The first kappa shape index (κ1) is 12.6. The minimum Gasteiger partial charge on any atom is -0.340 e. The van der Waals surface area contributed by atoms with Crippen molar-refractivity contribution in [1.29, 1.82) is 0 Å². The van der Waals surface area contributed by atoms with Crippen LogP contribution in [0.5, 0.6) is 0 Å². The van der Waals surface area contributed by atoms with Gasteiger partial charge in [0.05, 0.1) is 0 Å². The van der Waals surface area contributed by atoms with Crippen LogP contribution >= 0.6 is 23.8 Å². The summed E-state index contributed by atoms with van der Waals surface area (Å²) >= 11 is 11.2. The van der Waals surface area contributed by atoms with E-state index >= 15 is 0 Å². The monoisotopic (exact) mass is 292 g/mol. The van der Waals surface area contributed by atoms with E-state index in [-0.39, 0.29) is 0 Å². The lowest BCUT2D eigenvalue weighted by Gasteiger charge is -2.20. The number of benzene rings is 1. The summed E-state index contributed by atoms with van der Waals surface area (Å²) in [6, 6.07) is 7.58. The first-order valence-corrected chi connectivity index (χ1v) is 6.86. The van der Waals surface area contributed by atoms with Crippen molar-refractivity contribution >= 4 is 35.3 Å². The fourth-order valence-corrected chi connectivity index (χ4v) is 2.60. The highest BCUT2D eigenvalue weighted by molar-refractivity contribution is 7.71. The summed E-state index contributed by atoms with van der Waals surface area (Å²) < 4.78 is 0.493. The predicted molar refractivity (Wildman–Crippen MR) is 79.6 cm³/mol. The number of anilines is 2. The molecule has 19 heavy (non-hydrogen) atoms. The molecule has 3 rings (SSSR count). The minimum atomic E-state index is 0.493. The molecule has 2 heterocycles. The Morgan fingerprint density at radius 2 is 2.26 bits per heavy atom. The van der Waals surface area contributed by atoms with Crippen molar-refractivity contribution in [3.63, 3.8) is 0 Å². The van der Waals surface area contributed by atoms with Crippen LogP contribution in [0.25, 0.3) is 0 Å². The van der Waals surface area contributed by atoms with Gasteiger partial charge in [0.15, 0.2) is 4.77 Å². The molecular weight excluding hydrogens is 280 g/mol. The van der Waals surface area contributed by atoms with E-state index in [1.54, 1.807) is 0 Å². The quantitative estimate of drug-likeness (QED) is 0.744. The molecular formula is C13H13ClN4S. The Labute approximate surface area is 121 Å². The van der Waals surface area contributed by atoms with E-state index in [1.807, 2.05) is 24.3 Å². The lowest BCUT2D eigenvalue weighted by molar-refractivity contribution is 0.623. The molecule has 1 aromatic carbocycles. The molecule has 1 aliphatic heterocycles. The van der Waals surface area contributed by atoms with Crippen LogP contribution in [0.15, 0.2) is 24.3 Å². The number of nitrogens with one attached hydrogen (secondary N) is 3. The molecule has 0 spiro atoms. The van der Waals surface area contributed by atoms with E-state index < -0.39 is 0 Å². The Kier molecular flexibility index (Phi) is 3.50. The van der Waals surface area contributed by atoms with Crippen molar-refractivity contribution in [2.75, 3.05) is 11.9 Å². The summed E-state index contributed by atoms with van der Waals surface area (Å²) in [5.74, 6) is 0.822. The highest BCUT2D eigenvalue weighted by Crippen LogP contribution is 2.24. The van der Waals surface area contributed by atoms with Gasteiger partial charge >= 0.3 is 0 Å². The molecule has 2 aromatic rings.